The van der Waals surface area contributed by atoms with Gasteiger partial charge in [0.15, 0.2) is 6.29 Å². The van der Waals surface area contributed by atoms with E-state index in [9.17, 15) is 0 Å². The summed E-state index contributed by atoms with van der Waals surface area (Å²) in [5.41, 5.74) is 2.54. The van der Waals surface area contributed by atoms with Crippen LogP contribution in [0.2, 0.25) is 0 Å². The van der Waals surface area contributed by atoms with Gasteiger partial charge in [-0.3, -0.25) is 0 Å². The first-order valence-corrected chi connectivity index (χ1v) is 8.10. The van der Waals surface area contributed by atoms with Crippen LogP contribution < -0.4 is 0 Å². The van der Waals surface area contributed by atoms with Crippen molar-refractivity contribution < 1.29 is 9.47 Å². The van der Waals surface area contributed by atoms with Gasteiger partial charge in [-0.2, -0.15) is 0 Å². The van der Waals surface area contributed by atoms with Gasteiger partial charge in [0.2, 0.25) is 0 Å². The van der Waals surface area contributed by atoms with Crippen LogP contribution in [-0.2, 0) is 15.9 Å². The monoisotopic (exact) mass is 276 g/mol. The number of hydrogen-bond donors (Lipinski definition) is 0. The Bertz CT molecular complexity index is 385. The van der Waals surface area contributed by atoms with Crippen LogP contribution in [-0.4, -0.2) is 12.7 Å². The average molecular weight is 276 g/mol. The predicted octanol–water partition coefficient (Wildman–Crippen LogP) is 4.88. The third-order valence-corrected chi connectivity index (χ3v) is 4.08. The van der Waals surface area contributed by atoms with E-state index in [1.807, 2.05) is 0 Å². The molecule has 3 unspecified atom stereocenters. The van der Waals surface area contributed by atoms with Crippen molar-refractivity contribution in [1.29, 1.82) is 0 Å². The lowest BCUT2D eigenvalue weighted by Crippen LogP contribution is -2.34. The summed E-state index contributed by atoms with van der Waals surface area (Å²) in [4.78, 5) is 0. The summed E-state index contributed by atoms with van der Waals surface area (Å²) in [6, 6.07) is 8.71. The van der Waals surface area contributed by atoms with E-state index in [0.717, 1.165) is 25.0 Å². The molecule has 2 rings (SSSR count). The molecule has 1 aromatic carbocycles. The minimum atomic E-state index is -0.177. The number of benzene rings is 1. The molecule has 0 aliphatic carbocycles. The van der Waals surface area contributed by atoms with Gasteiger partial charge in [-0.25, -0.2) is 0 Å². The Kier molecular flexibility index (Phi) is 6.06. The van der Waals surface area contributed by atoms with E-state index >= 15 is 0 Å². The zero-order valence-corrected chi connectivity index (χ0v) is 13.1. The Morgan fingerprint density at radius 3 is 2.50 bits per heavy atom. The minimum absolute atomic E-state index is 0.177. The molecule has 0 amide bonds. The van der Waals surface area contributed by atoms with Crippen molar-refractivity contribution in [2.75, 3.05) is 6.61 Å². The molecule has 0 aromatic heterocycles. The van der Waals surface area contributed by atoms with Gasteiger partial charge in [0.25, 0.3) is 0 Å². The fraction of sp³-hybridized carbons (Fsp3) is 0.667. The first-order valence-electron chi connectivity index (χ1n) is 8.10. The van der Waals surface area contributed by atoms with E-state index < -0.39 is 0 Å². The third-order valence-electron chi connectivity index (χ3n) is 4.08. The van der Waals surface area contributed by atoms with E-state index in [1.54, 1.807) is 0 Å². The third kappa shape index (κ3) is 4.07. The molecular weight excluding hydrogens is 248 g/mol. The van der Waals surface area contributed by atoms with E-state index in [0.29, 0.717) is 12.0 Å². The molecule has 3 atom stereocenters. The molecule has 2 heteroatoms. The molecule has 0 spiro atoms. The lowest BCUT2D eigenvalue weighted by atomic mass is 9.98. The summed E-state index contributed by atoms with van der Waals surface area (Å²) >= 11 is 0. The summed E-state index contributed by atoms with van der Waals surface area (Å²) in [5.74, 6) is 0.497. The van der Waals surface area contributed by atoms with E-state index in [2.05, 4.69) is 45.0 Å². The highest BCUT2D eigenvalue weighted by Gasteiger charge is 2.29. The molecular formula is C18H28O2. The SMILES string of the molecule is CCCCC1OC(c2ccc(CCC)cc2)OCC1C. The van der Waals surface area contributed by atoms with Gasteiger partial charge in [-0.15, -0.1) is 0 Å². The van der Waals surface area contributed by atoms with Crippen LogP contribution in [0, 0.1) is 5.92 Å². The maximum absolute atomic E-state index is 6.16. The first kappa shape index (κ1) is 15.5. The van der Waals surface area contributed by atoms with Crippen molar-refractivity contribution in [2.45, 2.75) is 65.3 Å². The van der Waals surface area contributed by atoms with Crippen molar-refractivity contribution in [3.8, 4) is 0 Å². The van der Waals surface area contributed by atoms with Gasteiger partial charge in [0, 0.05) is 11.5 Å². The Labute approximate surface area is 123 Å². The van der Waals surface area contributed by atoms with Crippen LogP contribution in [0.3, 0.4) is 0 Å². The van der Waals surface area contributed by atoms with E-state index in [1.165, 1.54) is 24.8 Å². The maximum atomic E-state index is 6.16. The summed E-state index contributed by atoms with van der Waals surface area (Å²) in [7, 11) is 0. The Hall–Kier alpha value is -0.860. The second-order valence-corrected chi connectivity index (χ2v) is 5.95. The number of aryl methyl sites for hydroxylation is 1. The summed E-state index contributed by atoms with van der Waals surface area (Å²) in [6.07, 6.45) is 6.09. The first-order chi connectivity index (χ1) is 9.74. The van der Waals surface area contributed by atoms with Crippen LogP contribution in [0.25, 0.3) is 0 Å². The minimum Gasteiger partial charge on any atom is -0.348 e. The van der Waals surface area contributed by atoms with Crippen molar-refractivity contribution >= 4 is 0 Å². The molecule has 1 heterocycles. The highest BCUT2D eigenvalue weighted by Crippen LogP contribution is 2.31. The quantitative estimate of drug-likeness (QED) is 0.737. The number of unbranched alkanes of at least 4 members (excludes halogenated alkanes) is 1. The molecule has 20 heavy (non-hydrogen) atoms. The van der Waals surface area contributed by atoms with Gasteiger partial charge >= 0.3 is 0 Å². The highest BCUT2D eigenvalue weighted by atomic mass is 16.7. The fourth-order valence-corrected chi connectivity index (χ4v) is 2.74. The van der Waals surface area contributed by atoms with Crippen molar-refractivity contribution in [2.24, 2.45) is 5.92 Å². The Balaban J connectivity index is 1.97. The Morgan fingerprint density at radius 2 is 1.85 bits per heavy atom. The van der Waals surface area contributed by atoms with Gasteiger partial charge in [-0.1, -0.05) is 64.3 Å². The normalized spacial score (nSPS) is 26.6. The predicted molar refractivity (Wildman–Crippen MR) is 82.7 cm³/mol. The zero-order valence-electron chi connectivity index (χ0n) is 13.1. The lowest BCUT2D eigenvalue weighted by molar-refractivity contribution is -0.239. The number of hydrogen-bond acceptors (Lipinski definition) is 2. The fourth-order valence-electron chi connectivity index (χ4n) is 2.74. The van der Waals surface area contributed by atoms with Crippen LogP contribution in [0.4, 0.5) is 0 Å². The smallest absolute Gasteiger partial charge is 0.184 e. The summed E-state index contributed by atoms with van der Waals surface area (Å²) < 4.78 is 12.0. The zero-order chi connectivity index (χ0) is 14.4. The average Bonchev–Trinajstić information content (AvgIpc) is 2.48. The van der Waals surface area contributed by atoms with Crippen molar-refractivity contribution in [1.82, 2.24) is 0 Å². The standard InChI is InChI=1S/C18H28O2/c1-4-6-8-17-14(3)13-19-18(20-17)16-11-9-15(7-5-2)10-12-16/h9-12,14,17-18H,4-8,13H2,1-3H3. The van der Waals surface area contributed by atoms with Gasteiger partial charge < -0.3 is 9.47 Å². The van der Waals surface area contributed by atoms with Crippen LogP contribution in [0.15, 0.2) is 24.3 Å². The molecule has 2 nitrogen and oxygen atoms in total. The molecule has 1 fully saturated rings. The molecule has 0 N–H and O–H groups in total. The Morgan fingerprint density at radius 1 is 1.10 bits per heavy atom. The summed E-state index contributed by atoms with van der Waals surface area (Å²) in [5, 5.41) is 0. The van der Waals surface area contributed by atoms with E-state index in [-0.39, 0.29) is 6.29 Å². The lowest BCUT2D eigenvalue weighted by Gasteiger charge is -2.35. The molecule has 0 bridgehead atoms. The second kappa shape index (κ2) is 7.80. The molecule has 112 valence electrons. The van der Waals surface area contributed by atoms with E-state index in [4.69, 9.17) is 9.47 Å². The van der Waals surface area contributed by atoms with Crippen molar-refractivity contribution in [3.63, 3.8) is 0 Å². The largest absolute Gasteiger partial charge is 0.348 e. The summed E-state index contributed by atoms with van der Waals surface area (Å²) in [6.45, 7) is 7.46. The van der Waals surface area contributed by atoms with Crippen LogP contribution in [0.1, 0.15) is 63.9 Å². The molecule has 1 aliphatic heterocycles. The van der Waals surface area contributed by atoms with Crippen LogP contribution in [0.5, 0.6) is 0 Å². The number of ether oxygens (including phenoxy) is 2. The van der Waals surface area contributed by atoms with Gasteiger partial charge in [-0.05, 0) is 18.4 Å². The molecule has 1 saturated heterocycles. The maximum Gasteiger partial charge on any atom is 0.184 e. The molecule has 0 radical (unpaired) electrons. The topological polar surface area (TPSA) is 18.5 Å². The van der Waals surface area contributed by atoms with Gasteiger partial charge in [0.1, 0.15) is 0 Å². The highest BCUT2D eigenvalue weighted by molar-refractivity contribution is 5.23. The molecule has 0 saturated carbocycles. The molecule has 1 aromatic rings. The van der Waals surface area contributed by atoms with Crippen LogP contribution >= 0.6 is 0 Å². The van der Waals surface area contributed by atoms with Crippen molar-refractivity contribution in [3.05, 3.63) is 35.4 Å². The molecule has 1 aliphatic rings. The number of rotatable bonds is 6. The van der Waals surface area contributed by atoms with Gasteiger partial charge in [0.05, 0.1) is 12.7 Å². The second-order valence-electron chi connectivity index (χ2n) is 5.95.